The third-order valence-electron chi connectivity index (χ3n) is 4.50. The fourth-order valence-electron chi connectivity index (χ4n) is 3.44. The highest BCUT2D eigenvalue weighted by molar-refractivity contribution is 5.36. The van der Waals surface area contributed by atoms with Crippen molar-refractivity contribution in [3.8, 4) is 0 Å². The molecule has 106 valence electrons. The summed E-state index contributed by atoms with van der Waals surface area (Å²) in [5.41, 5.74) is 4.67. The molecule has 1 aliphatic rings. The Kier molecular flexibility index (Phi) is 4.85. The summed E-state index contributed by atoms with van der Waals surface area (Å²) in [6.45, 7) is 2.32. The molecule has 1 nitrogen and oxygen atoms in total. The van der Waals surface area contributed by atoms with Crippen molar-refractivity contribution in [1.29, 1.82) is 0 Å². The summed E-state index contributed by atoms with van der Waals surface area (Å²) < 4.78 is 0. The van der Waals surface area contributed by atoms with Crippen LogP contribution in [0.3, 0.4) is 0 Å². The second kappa shape index (κ2) is 6.43. The van der Waals surface area contributed by atoms with Crippen molar-refractivity contribution in [3.05, 3.63) is 65.7 Å². The maximum Gasteiger partial charge on any atom is 0.130 e. The van der Waals surface area contributed by atoms with Gasteiger partial charge in [-0.25, -0.2) is 0 Å². The number of nitrogens with two attached hydrogens (primary N) is 1. The van der Waals surface area contributed by atoms with Gasteiger partial charge in [-0.3, -0.25) is 0 Å². The number of fused-ring (bicyclic) bond motifs is 1. The Hall–Kier alpha value is -1.31. The second-order valence-corrected chi connectivity index (χ2v) is 5.58. The summed E-state index contributed by atoms with van der Waals surface area (Å²) in [7, 11) is 0. The lowest BCUT2D eigenvalue weighted by Gasteiger charge is -2.36. The largest absolute Gasteiger partial charge is 1.00 e. The van der Waals surface area contributed by atoms with Crippen LogP contribution in [-0.4, -0.2) is 0 Å². The Balaban J connectivity index is 0.00000147. The quantitative estimate of drug-likeness (QED) is 0.793. The molecule has 0 saturated heterocycles. The van der Waals surface area contributed by atoms with Gasteiger partial charge in [-0.15, -0.1) is 0 Å². The fraction of sp³-hybridized carbons (Fsp3) is 0.333. The first-order valence-corrected chi connectivity index (χ1v) is 7.33. The first kappa shape index (κ1) is 15.1. The molecule has 0 amide bonds. The molecule has 20 heavy (non-hydrogen) atoms. The molecule has 0 spiro atoms. The summed E-state index contributed by atoms with van der Waals surface area (Å²) >= 11 is 0. The van der Waals surface area contributed by atoms with Crippen LogP contribution in [0.15, 0.2) is 54.6 Å². The molecule has 1 atom stereocenters. The summed E-state index contributed by atoms with van der Waals surface area (Å²) in [6.07, 6.45) is 4.99. The van der Waals surface area contributed by atoms with E-state index in [1.807, 2.05) is 0 Å². The molecule has 0 bridgehead atoms. The van der Waals surface area contributed by atoms with Crippen molar-refractivity contribution in [2.45, 2.75) is 38.1 Å². The molecule has 0 heterocycles. The van der Waals surface area contributed by atoms with Crippen LogP contribution in [0.4, 0.5) is 5.69 Å². The number of rotatable bonds is 3. The van der Waals surface area contributed by atoms with E-state index in [0.717, 1.165) is 0 Å². The highest BCUT2D eigenvalue weighted by Crippen LogP contribution is 2.35. The van der Waals surface area contributed by atoms with Crippen molar-refractivity contribution in [1.82, 2.24) is 0 Å². The molecular weight excluding hydrogens is 266 g/mol. The summed E-state index contributed by atoms with van der Waals surface area (Å²) in [4.78, 5) is 0. The molecule has 2 aromatic carbocycles. The lowest BCUT2D eigenvalue weighted by atomic mass is 9.74. The molecule has 0 aromatic heterocycles. The number of para-hydroxylation sites is 1. The Morgan fingerprint density at radius 1 is 1.00 bits per heavy atom. The van der Waals surface area contributed by atoms with Crippen LogP contribution in [0.2, 0.25) is 0 Å². The van der Waals surface area contributed by atoms with Gasteiger partial charge in [0.05, 0.1) is 0 Å². The van der Waals surface area contributed by atoms with E-state index < -0.39 is 0 Å². The predicted molar refractivity (Wildman–Crippen MR) is 79.4 cm³/mol. The van der Waals surface area contributed by atoms with Crippen LogP contribution in [-0.2, 0) is 12.0 Å². The highest BCUT2D eigenvalue weighted by Gasteiger charge is 2.38. The third kappa shape index (κ3) is 2.74. The smallest absolute Gasteiger partial charge is 0.130 e. The lowest BCUT2D eigenvalue weighted by molar-refractivity contribution is -0.667. The lowest BCUT2D eigenvalue weighted by Crippen LogP contribution is -3.00. The Morgan fingerprint density at radius 3 is 2.45 bits per heavy atom. The second-order valence-electron chi connectivity index (χ2n) is 5.58. The minimum absolute atomic E-state index is 0. The van der Waals surface area contributed by atoms with E-state index in [-0.39, 0.29) is 17.9 Å². The monoisotopic (exact) mass is 287 g/mol. The molecular formula is C18H22ClN. The van der Waals surface area contributed by atoms with E-state index in [1.165, 1.54) is 31.4 Å². The number of benzene rings is 2. The van der Waals surface area contributed by atoms with Crippen molar-refractivity contribution in [2.75, 3.05) is 0 Å². The van der Waals surface area contributed by atoms with Crippen LogP contribution in [0, 0.1) is 0 Å². The Labute approximate surface area is 127 Å². The SMILES string of the molecule is CCC1([NH2+]c2ccccc2)CCCc2ccccc21.[Cl-]. The zero-order valence-electron chi connectivity index (χ0n) is 12.0. The zero-order valence-corrected chi connectivity index (χ0v) is 12.7. The predicted octanol–water partition coefficient (Wildman–Crippen LogP) is 0.527. The maximum absolute atomic E-state index is 2.49. The van der Waals surface area contributed by atoms with E-state index in [0.29, 0.717) is 0 Å². The van der Waals surface area contributed by atoms with Crippen molar-refractivity contribution in [3.63, 3.8) is 0 Å². The Morgan fingerprint density at radius 2 is 1.70 bits per heavy atom. The highest BCUT2D eigenvalue weighted by atomic mass is 35.5. The molecule has 0 aliphatic heterocycles. The van der Waals surface area contributed by atoms with Gasteiger partial charge in [0.15, 0.2) is 0 Å². The average molecular weight is 288 g/mol. The first-order valence-electron chi connectivity index (χ1n) is 7.33. The summed E-state index contributed by atoms with van der Waals surface area (Å²) in [6, 6.07) is 19.8. The molecule has 3 rings (SSSR count). The molecule has 0 saturated carbocycles. The van der Waals surface area contributed by atoms with Crippen molar-refractivity contribution in [2.24, 2.45) is 0 Å². The fourth-order valence-corrected chi connectivity index (χ4v) is 3.44. The van der Waals surface area contributed by atoms with Crippen molar-refractivity contribution >= 4 is 5.69 Å². The minimum Gasteiger partial charge on any atom is -1.00 e. The van der Waals surface area contributed by atoms with E-state index >= 15 is 0 Å². The van der Waals surface area contributed by atoms with Crippen LogP contribution < -0.4 is 17.7 Å². The van der Waals surface area contributed by atoms with Gasteiger partial charge >= 0.3 is 0 Å². The van der Waals surface area contributed by atoms with Crippen LogP contribution >= 0.6 is 0 Å². The zero-order chi connectivity index (χ0) is 13.1. The summed E-state index contributed by atoms with van der Waals surface area (Å²) in [5, 5.41) is 2.49. The van der Waals surface area contributed by atoms with E-state index in [9.17, 15) is 0 Å². The average Bonchev–Trinajstić information content (AvgIpc) is 2.49. The molecule has 1 aliphatic carbocycles. The van der Waals surface area contributed by atoms with E-state index in [4.69, 9.17) is 0 Å². The Bertz CT molecular complexity index is 552. The standard InChI is InChI=1S/C18H21N.ClH/c1-2-18(19-16-11-4-3-5-12-16)14-8-10-15-9-6-7-13-17(15)18;/h3-7,9,11-13,19H,2,8,10,14H2,1H3;1H. The number of aryl methyl sites for hydroxylation is 1. The van der Waals surface area contributed by atoms with Gasteiger partial charge in [0, 0.05) is 18.4 Å². The third-order valence-corrected chi connectivity index (χ3v) is 4.50. The van der Waals surface area contributed by atoms with Gasteiger partial charge in [-0.1, -0.05) is 49.4 Å². The van der Waals surface area contributed by atoms with Crippen LogP contribution in [0.5, 0.6) is 0 Å². The van der Waals surface area contributed by atoms with Gasteiger partial charge in [0.2, 0.25) is 0 Å². The molecule has 2 N–H and O–H groups in total. The normalized spacial score (nSPS) is 20.9. The van der Waals surface area contributed by atoms with Crippen LogP contribution in [0.1, 0.15) is 37.3 Å². The van der Waals surface area contributed by atoms with Crippen molar-refractivity contribution < 1.29 is 17.7 Å². The van der Waals surface area contributed by atoms with Gasteiger partial charge in [0.25, 0.3) is 0 Å². The van der Waals surface area contributed by atoms with Crippen LogP contribution in [0.25, 0.3) is 0 Å². The molecule has 2 heteroatoms. The minimum atomic E-state index is 0. The number of hydrogen-bond acceptors (Lipinski definition) is 0. The first-order chi connectivity index (χ1) is 9.34. The molecule has 1 unspecified atom stereocenters. The van der Waals surface area contributed by atoms with E-state index in [1.54, 1.807) is 11.1 Å². The van der Waals surface area contributed by atoms with E-state index in [2.05, 4.69) is 66.8 Å². The topological polar surface area (TPSA) is 16.6 Å². The molecule has 0 fully saturated rings. The van der Waals surface area contributed by atoms with Gasteiger partial charge in [-0.2, -0.15) is 0 Å². The van der Waals surface area contributed by atoms with Gasteiger partial charge in [-0.05, 0) is 30.5 Å². The molecule has 0 radical (unpaired) electrons. The molecule has 2 aromatic rings. The van der Waals surface area contributed by atoms with Gasteiger partial charge < -0.3 is 17.7 Å². The number of quaternary nitrogens is 1. The summed E-state index contributed by atoms with van der Waals surface area (Å²) in [5.74, 6) is 0. The maximum atomic E-state index is 2.49. The number of hydrogen-bond donors (Lipinski definition) is 1. The number of halogens is 1. The van der Waals surface area contributed by atoms with Gasteiger partial charge in [0.1, 0.15) is 11.2 Å².